The van der Waals surface area contributed by atoms with Crippen molar-refractivity contribution in [2.75, 3.05) is 26.7 Å². The maximum Gasteiger partial charge on any atom is 0.246 e. The van der Waals surface area contributed by atoms with Crippen molar-refractivity contribution < 1.29 is 4.79 Å². The minimum atomic E-state index is 0.152. The fourth-order valence-electron chi connectivity index (χ4n) is 1.84. The van der Waals surface area contributed by atoms with E-state index < -0.39 is 0 Å². The van der Waals surface area contributed by atoms with Gasteiger partial charge in [0.05, 0.1) is 0 Å². The molecule has 3 heteroatoms. The highest BCUT2D eigenvalue weighted by molar-refractivity contribution is 5.87. The predicted octanol–water partition coefficient (Wildman–Crippen LogP) is 1.12. The fraction of sp³-hybridized carbons (Fsp3) is 0.727. The first-order valence-electron chi connectivity index (χ1n) is 5.30. The molecule has 1 aliphatic rings. The molecule has 1 atom stereocenters. The van der Waals surface area contributed by atoms with E-state index in [0.717, 1.165) is 26.1 Å². The van der Waals surface area contributed by atoms with Crippen LogP contribution in [-0.4, -0.2) is 48.4 Å². The van der Waals surface area contributed by atoms with Gasteiger partial charge in [-0.25, -0.2) is 0 Å². The molecule has 1 fully saturated rings. The average molecular weight is 196 g/mol. The minimum Gasteiger partial charge on any atom is -0.336 e. The second-order valence-electron chi connectivity index (χ2n) is 3.83. The van der Waals surface area contributed by atoms with Gasteiger partial charge in [0.15, 0.2) is 0 Å². The maximum atomic E-state index is 11.6. The van der Waals surface area contributed by atoms with E-state index in [1.807, 2.05) is 17.9 Å². The van der Waals surface area contributed by atoms with Gasteiger partial charge in [-0.2, -0.15) is 0 Å². The van der Waals surface area contributed by atoms with Crippen LogP contribution < -0.4 is 0 Å². The second-order valence-corrected chi connectivity index (χ2v) is 3.83. The van der Waals surface area contributed by atoms with E-state index in [4.69, 9.17) is 0 Å². The summed E-state index contributed by atoms with van der Waals surface area (Å²) in [6.07, 6.45) is 4.57. The lowest BCUT2D eigenvalue weighted by Crippen LogP contribution is -2.52. The molecule has 0 bridgehead atoms. The van der Waals surface area contributed by atoms with Crippen molar-refractivity contribution in [1.29, 1.82) is 0 Å². The zero-order chi connectivity index (χ0) is 10.6. The van der Waals surface area contributed by atoms with Crippen LogP contribution in [0.3, 0.4) is 0 Å². The minimum absolute atomic E-state index is 0.152. The van der Waals surface area contributed by atoms with E-state index in [1.165, 1.54) is 0 Å². The van der Waals surface area contributed by atoms with Crippen molar-refractivity contribution in [2.45, 2.75) is 26.3 Å². The highest BCUT2D eigenvalue weighted by Gasteiger charge is 2.24. The van der Waals surface area contributed by atoms with Gasteiger partial charge in [-0.05, 0) is 26.5 Å². The molecule has 0 aromatic carbocycles. The highest BCUT2D eigenvalue weighted by atomic mass is 16.2. The summed E-state index contributed by atoms with van der Waals surface area (Å²) in [4.78, 5) is 15.9. The molecule has 0 radical (unpaired) electrons. The number of carbonyl (C=O) groups is 1. The molecule has 0 saturated carbocycles. The molecule has 1 saturated heterocycles. The molecule has 0 spiro atoms. The Hall–Kier alpha value is -0.830. The lowest BCUT2D eigenvalue weighted by molar-refractivity contribution is -0.128. The Morgan fingerprint density at radius 1 is 1.50 bits per heavy atom. The molecular weight excluding hydrogens is 176 g/mol. The summed E-state index contributed by atoms with van der Waals surface area (Å²) in [7, 11) is 2.13. The summed E-state index contributed by atoms with van der Waals surface area (Å²) >= 11 is 0. The molecular formula is C11H20N2O. The lowest BCUT2D eigenvalue weighted by atomic mass is 10.1. The zero-order valence-corrected chi connectivity index (χ0v) is 9.36. The molecule has 1 heterocycles. The molecule has 80 valence electrons. The standard InChI is InChI=1S/C11H20N2O/c1-4-6-11(14)13-8-7-12(3)10(5-2)9-13/h4,6,10H,5,7-9H2,1-3H3/b6-4+. The van der Waals surface area contributed by atoms with Gasteiger partial charge in [0.1, 0.15) is 0 Å². The SMILES string of the molecule is C/C=C/C(=O)N1CCN(C)C(CC)C1. The Kier molecular flexibility index (Phi) is 4.14. The Labute approximate surface area is 86.4 Å². The van der Waals surface area contributed by atoms with E-state index >= 15 is 0 Å². The molecule has 1 amide bonds. The topological polar surface area (TPSA) is 23.6 Å². The van der Waals surface area contributed by atoms with Gasteiger partial charge in [0.25, 0.3) is 0 Å². The first kappa shape index (κ1) is 11.2. The van der Waals surface area contributed by atoms with E-state index in [0.29, 0.717) is 6.04 Å². The van der Waals surface area contributed by atoms with Crippen molar-refractivity contribution in [3.05, 3.63) is 12.2 Å². The number of nitrogens with zero attached hydrogens (tertiary/aromatic N) is 2. The van der Waals surface area contributed by atoms with E-state index in [-0.39, 0.29) is 5.91 Å². The summed E-state index contributed by atoms with van der Waals surface area (Å²) < 4.78 is 0. The van der Waals surface area contributed by atoms with Crippen LogP contribution in [0.2, 0.25) is 0 Å². The van der Waals surface area contributed by atoms with Gasteiger partial charge < -0.3 is 4.90 Å². The van der Waals surface area contributed by atoms with Crippen molar-refractivity contribution in [3.63, 3.8) is 0 Å². The normalized spacial score (nSPS) is 24.5. The molecule has 0 N–H and O–H groups in total. The zero-order valence-electron chi connectivity index (χ0n) is 9.36. The molecule has 1 unspecified atom stereocenters. The third kappa shape index (κ3) is 2.58. The van der Waals surface area contributed by atoms with Gasteiger partial charge in [-0.1, -0.05) is 13.0 Å². The number of allylic oxidation sites excluding steroid dienone is 1. The molecule has 14 heavy (non-hydrogen) atoms. The number of hydrogen-bond acceptors (Lipinski definition) is 2. The number of carbonyl (C=O) groups excluding carboxylic acids is 1. The van der Waals surface area contributed by atoms with Crippen molar-refractivity contribution in [2.24, 2.45) is 0 Å². The molecule has 0 aliphatic carbocycles. The smallest absolute Gasteiger partial charge is 0.246 e. The van der Waals surface area contributed by atoms with Crippen LogP contribution in [0.5, 0.6) is 0 Å². The Bertz CT molecular complexity index is 225. The lowest BCUT2D eigenvalue weighted by Gasteiger charge is -2.38. The Morgan fingerprint density at radius 3 is 2.79 bits per heavy atom. The maximum absolute atomic E-state index is 11.6. The second kappa shape index (κ2) is 5.15. The third-order valence-electron chi connectivity index (χ3n) is 2.87. The Balaban J connectivity index is 2.54. The van der Waals surface area contributed by atoms with Crippen LogP contribution in [0.4, 0.5) is 0 Å². The third-order valence-corrected chi connectivity index (χ3v) is 2.87. The monoisotopic (exact) mass is 196 g/mol. The van der Waals surface area contributed by atoms with Crippen molar-refractivity contribution in [1.82, 2.24) is 9.80 Å². The van der Waals surface area contributed by atoms with Crippen LogP contribution in [0.15, 0.2) is 12.2 Å². The molecule has 0 aromatic rings. The van der Waals surface area contributed by atoms with Crippen molar-refractivity contribution in [3.8, 4) is 0 Å². The number of amides is 1. The molecule has 3 nitrogen and oxygen atoms in total. The van der Waals surface area contributed by atoms with E-state index in [1.54, 1.807) is 6.08 Å². The fourth-order valence-corrected chi connectivity index (χ4v) is 1.84. The van der Waals surface area contributed by atoms with Crippen LogP contribution in [0, 0.1) is 0 Å². The van der Waals surface area contributed by atoms with Gasteiger partial charge in [-0.15, -0.1) is 0 Å². The van der Waals surface area contributed by atoms with Crippen molar-refractivity contribution >= 4 is 5.91 Å². The van der Waals surface area contributed by atoms with Gasteiger partial charge >= 0.3 is 0 Å². The van der Waals surface area contributed by atoms with Gasteiger partial charge in [0, 0.05) is 25.7 Å². The van der Waals surface area contributed by atoms with E-state index in [9.17, 15) is 4.79 Å². The van der Waals surface area contributed by atoms with Crippen LogP contribution in [-0.2, 0) is 4.79 Å². The first-order valence-corrected chi connectivity index (χ1v) is 5.30. The predicted molar refractivity (Wildman–Crippen MR) is 58.1 cm³/mol. The number of hydrogen-bond donors (Lipinski definition) is 0. The Morgan fingerprint density at radius 2 is 2.21 bits per heavy atom. The summed E-state index contributed by atoms with van der Waals surface area (Å²) in [5.74, 6) is 0.152. The quantitative estimate of drug-likeness (QED) is 0.618. The largest absolute Gasteiger partial charge is 0.336 e. The van der Waals surface area contributed by atoms with Crippen LogP contribution in [0.25, 0.3) is 0 Å². The average Bonchev–Trinajstić information content (AvgIpc) is 2.19. The molecule has 1 rings (SSSR count). The van der Waals surface area contributed by atoms with Gasteiger partial charge in [0.2, 0.25) is 5.91 Å². The van der Waals surface area contributed by atoms with Gasteiger partial charge in [-0.3, -0.25) is 9.69 Å². The highest BCUT2D eigenvalue weighted by Crippen LogP contribution is 2.10. The summed E-state index contributed by atoms with van der Waals surface area (Å²) in [5.41, 5.74) is 0. The summed E-state index contributed by atoms with van der Waals surface area (Å²) in [6, 6.07) is 0.526. The van der Waals surface area contributed by atoms with Crippen LogP contribution >= 0.6 is 0 Å². The van der Waals surface area contributed by atoms with Crippen LogP contribution in [0.1, 0.15) is 20.3 Å². The van der Waals surface area contributed by atoms with E-state index in [2.05, 4.69) is 18.9 Å². The molecule has 0 aromatic heterocycles. The summed E-state index contributed by atoms with van der Waals surface area (Å²) in [5, 5.41) is 0. The summed E-state index contributed by atoms with van der Waals surface area (Å²) in [6.45, 7) is 6.77. The number of rotatable bonds is 2. The number of piperazine rings is 1. The number of likely N-dealkylation sites (N-methyl/N-ethyl adjacent to an activating group) is 1. The molecule has 1 aliphatic heterocycles. The first-order chi connectivity index (χ1) is 6.69.